The second-order valence-corrected chi connectivity index (χ2v) is 4.71. The van der Waals surface area contributed by atoms with Crippen LogP contribution in [0.3, 0.4) is 0 Å². The van der Waals surface area contributed by atoms with Gasteiger partial charge >= 0.3 is 0 Å². The second-order valence-electron chi connectivity index (χ2n) is 4.71. The average Bonchev–Trinajstić information content (AvgIpc) is 2.76. The molecule has 18 heavy (non-hydrogen) atoms. The molecule has 0 amide bonds. The van der Waals surface area contributed by atoms with Gasteiger partial charge in [-0.1, -0.05) is 18.2 Å². The van der Waals surface area contributed by atoms with Crippen LogP contribution in [0.2, 0.25) is 0 Å². The van der Waals surface area contributed by atoms with E-state index in [0.717, 1.165) is 24.2 Å². The minimum Gasteiger partial charge on any atom is -0.508 e. The van der Waals surface area contributed by atoms with Crippen LogP contribution in [0.5, 0.6) is 5.75 Å². The van der Waals surface area contributed by atoms with Crippen LogP contribution in [0, 0.1) is 6.92 Å². The van der Waals surface area contributed by atoms with E-state index in [9.17, 15) is 5.11 Å². The molecule has 0 aliphatic carbocycles. The molecule has 4 nitrogen and oxygen atoms in total. The zero-order valence-electron chi connectivity index (χ0n) is 11.1. The highest BCUT2D eigenvalue weighted by molar-refractivity contribution is 5.36. The van der Waals surface area contributed by atoms with Crippen LogP contribution in [0.4, 0.5) is 0 Å². The molecule has 0 saturated heterocycles. The molecule has 1 aromatic heterocycles. The number of phenolic OH excluding ortho intramolecular Hbond substituents is 1. The molecule has 4 heteroatoms. The van der Waals surface area contributed by atoms with Crippen molar-refractivity contribution in [1.29, 1.82) is 0 Å². The number of phenols is 1. The van der Waals surface area contributed by atoms with Gasteiger partial charge in [0.25, 0.3) is 0 Å². The minimum absolute atomic E-state index is 0.320. The normalized spacial score (nSPS) is 12.6. The summed E-state index contributed by atoms with van der Waals surface area (Å²) in [5.41, 5.74) is 3.38. The Bertz CT molecular complexity index is 534. The van der Waals surface area contributed by atoms with Gasteiger partial charge in [-0.2, -0.15) is 0 Å². The first-order valence-corrected chi connectivity index (χ1v) is 6.28. The molecule has 2 aromatic rings. The number of nitrogens with zero attached hydrogens (tertiary/aromatic N) is 3. The number of rotatable bonds is 4. The summed E-state index contributed by atoms with van der Waals surface area (Å²) in [5, 5.41) is 17.6. The summed E-state index contributed by atoms with van der Waals surface area (Å²) in [7, 11) is 0. The molecule has 1 atom stereocenters. The van der Waals surface area contributed by atoms with Crippen LogP contribution < -0.4 is 0 Å². The van der Waals surface area contributed by atoms with E-state index in [2.05, 4.69) is 17.2 Å². The highest BCUT2D eigenvalue weighted by Crippen LogP contribution is 2.25. The van der Waals surface area contributed by atoms with Crippen molar-refractivity contribution in [1.82, 2.24) is 15.0 Å². The van der Waals surface area contributed by atoms with Crippen LogP contribution in [0.1, 0.15) is 36.6 Å². The van der Waals surface area contributed by atoms with Crippen molar-refractivity contribution in [3.05, 3.63) is 41.2 Å². The molecule has 0 radical (unpaired) electrons. The van der Waals surface area contributed by atoms with Crippen LogP contribution >= 0.6 is 0 Å². The zero-order chi connectivity index (χ0) is 13.1. The van der Waals surface area contributed by atoms with E-state index in [-0.39, 0.29) is 0 Å². The zero-order valence-corrected chi connectivity index (χ0v) is 11.1. The van der Waals surface area contributed by atoms with Crippen LogP contribution in [0.15, 0.2) is 24.4 Å². The Morgan fingerprint density at radius 3 is 2.78 bits per heavy atom. The summed E-state index contributed by atoms with van der Waals surface area (Å²) < 4.78 is 1.84. The van der Waals surface area contributed by atoms with Crippen molar-refractivity contribution in [3.8, 4) is 5.75 Å². The van der Waals surface area contributed by atoms with E-state index in [4.69, 9.17) is 0 Å². The Hall–Kier alpha value is -1.84. The van der Waals surface area contributed by atoms with Crippen molar-refractivity contribution in [3.63, 3.8) is 0 Å². The van der Waals surface area contributed by atoms with Gasteiger partial charge in [-0.15, -0.1) is 5.10 Å². The lowest BCUT2D eigenvalue weighted by Crippen LogP contribution is -2.01. The van der Waals surface area contributed by atoms with Gasteiger partial charge in [0.15, 0.2) is 0 Å². The standard InChI is InChI=1S/C14H19N3O/c1-4-17-9-12(15-16-17)7-10(2)14-6-5-13(18)8-11(14)3/h5-6,8-10,18H,4,7H2,1-3H3. The van der Waals surface area contributed by atoms with E-state index in [1.807, 2.05) is 30.8 Å². The highest BCUT2D eigenvalue weighted by atomic mass is 16.3. The molecular formula is C14H19N3O. The molecule has 2 rings (SSSR count). The van der Waals surface area contributed by atoms with Crippen LogP contribution in [-0.4, -0.2) is 20.1 Å². The lowest BCUT2D eigenvalue weighted by atomic mass is 9.92. The third-order valence-corrected chi connectivity index (χ3v) is 3.21. The summed E-state index contributed by atoms with van der Waals surface area (Å²) in [4.78, 5) is 0. The monoisotopic (exact) mass is 245 g/mol. The first-order valence-electron chi connectivity index (χ1n) is 6.28. The van der Waals surface area contributed by atoms with Crippen molar-refractivity contribution in [2.75, 3.05) is 0 Å². The fraction of sp³-hybridized carbons (Fsp3) is 0.429. The minimum atomic E-state index is 0.320. The molecule has 1 unspecified atom stereocenters. The topological polar surface area (TPSA) is 50.9 Å². The van der Waals surface area contributed by atoms with Crippen molar-refractivity contribution < 1.29 is 5.11 Å². The fourth-order valence-corrected chi connectivity index (χ4v) is 2.22. The van der Waals surface area contributed by atoms with Crippen LogP contribution in [0.25, 0.3) is 0 Å². The van der Waals surface area contributed by atoms with Gasteiger partial charge in [0, 0.05) is 12.7 Å². The molecule has 1 aromatic carbocycles. The Balaban J connectivity index is 2.13. The number of aromatic nitrogens is 3. The maximum atomic E-state index is 9.42. The average molecular weight is 245 g/mol. The molecule has 0 spiro atoms. The summed E-state index contributed by atoms with van der Waals surface area (Å²) >= 11 is 0. The number of aromatic hydroxyl groups is 1. The number of benzene rings is 1. The fourth-order valence-electron chi connectivity index (χ4n) is 2.22. The molecule has 0 aliphatic heterocycles. The Morgan fingerprint density at radius 2 is 2.17 bits per heavy atom. The molecular weight excluding hydrogens is 226 g/mol. The van der Waals surface area contributed by atoms with Crippen molar-refractivity contribution >= 4 is 0 Å². The van der Waals surface area contributed by atoms with Gasteiger partial charge in [-0.25, -0.2) is 0 Å². The van der Waals surface area contributed by atoms with E-state index < -0.39 is 0 Å². The molecule has 0 bridgehead atoms. The molecule has 0 saturated carbocycles. The third kappa shape index (κ3) is 2.70. The number of hydrogen-bond donors (Lipinski definition) is 1. The molecule has 0 aliphatic rings. The lowest BCUT2D eigenvalue weighted by molar-refractivity contribution is 0.474. The largest absolute Gasteiger partial charge is 0.508 e. The van der Waals surface area contributed by atoms with Crippen molar-refractivity contribution in [2.24, 2.45) is 0 Å². The number of aryl methyl sites for hydroxylation is 2. The van der Waals surface area contributed by atoms with E-state index in [1.165, 1.54) is 5.56 Å². The van der Waals surface area contributed by atoms with E-state index in [0.29, 0.717) is 11.7 Å². The van der Waals surface area contributed by atoms with Gasteiger partial charge in [0.05, 0.1) is 5.69 Å². The van der Waals surface area contributed by atoms with Crippen molar-refractivity contribution in [2.45, 2.75) is 39.7 Å². The first kappa shape index (κ1) is 12.6. The first-order chi connectivity index (χ1) is 8.60. The summed E-state index contributed by atoms with van der Waals surface area (Å²) in [6, 6.07) is 5.52. The Labute approximate surface area is 107 Å². The predicted molar refractivity (Wildman–Crippen MR) is 70.7 cm³/mol. The summed E-state index contributed by atoms with van der Waals surface area (Å²) in [6.45, 7) is 7.09. The molecule has 96 valence electrons. The maximum absolute atomic E-state index is 9.42. The third-order valence-electron chi connectivity index (χ3n) is 3.21. The van der Waals surface area contributed by atoms with E-state index >= 15 is 0 Å². The molecule has 1 heterocycles. The van der Waals surface area contributed by atoms with Gasteiger partial charge in [0.1, 0.15) is 5.75 Å². The summed E-state index contributed by atoms with van der Waals surface area (Å²) in [5.74, 6) is 0.688. The quantitative estimate of drug-likeness (QED) is 0.901. The highest BCUT2D eigenvalue weighted by Gasteiger charge is 2.12. The molecule has 0 fully saturated rings. The van der Waals surface area contributed by atoms with Gasteiger partial charge in [-0.05, 0) is 49.4 Å². The van der Waals surface area contributed by atoms with Gasteiger partial charge in [0.2, 0.25) is 0 Å². The SMILES string of the molecule is CCn1cc(CC(C)c2ccc(O)cc2C)nn1. The predicted octanol–water partition coefficient (Wildman–Crippen LogP) is 2.66. The lowest BCUT2D eigenvalue weighted by Gasteiger charge is -2.13. The Kier molecular flexibility index (Phi) is 3.65. The molecule has 1 N–H and O–H groups in total. The number of hydrogen-bond acceptors (Lipinski definition) is 3. The van der Waals surface area contributed by atoms with E-state index in [1.54, 1.807) is 12.1 Å². The smallest absolute Gasteiger partial charge is 0.115 e. The van der Waals surface area contributed by atoms with Gasteiger partial charge in [-0.3, -0.25) is 4.68 Å². The Morgan fingerprint density at radius 1 is 1.39 bits per heavy atom. The van der Waals surface area contributed by atoms with Gasteiger partial charge < -0.3 is 5.11 Å². The second kappa shape index (κ2) is 5.21. The summed E-state index contributed by atoms with van der Waals surface area (Å²) in [6.07, 6.45) is 2.86. The van der Waals surface area contributed by atoms with Crippen LogP contribution in [-0.2, 0) is 13.0 Å². The maximum Gasteiger partial charge on any atom is 0.115 e.